The SMILES string of the molecule is CC(C)(C)n1c(-c2ccc(F)c(F)c2)nnc1S(N)(=O)=O. The highest BCUT2D eigenvalue weighted by Gasteiger charge is 2.29. The second-order valence-corrected chi connectivity index (χ2v) is 6.94. The Morgan fingerprint density at radius 1 is 1.14 bits per heavy atom. The van der Waals surface area contributed by atoms with Crippen molar-refractivity contribution in [1.82, 2.24) is 14.8 Å². The van der Waals surface area contributed by atoms with Crippen molar-refractivity contribution in [3.05, 3.63) is 29.8 Å². The monoisotopic (exact) mass is 316 g/mol. The fourth-order valence-electron chi connectivity index (χ4n) is 1.88. The van der Waals surface area contributed by atoms with Crippen molar-refractivity contribution in [2.75, 3.05) is 0 Å². The summed E-state index contributed by atoms with van der Waals surface area (Å²) < 4.78 is 50.8. The lowest BCUT2D eigenvalue weighted by Gasteiger charge is -2.24. The number of hydrogen-bond donors (Lipinski definition) is 1. The van der Waals surface area contributed by atoms with E-state index in [1.165, 1.54) is 10.6 Å². The molecule has 0 aliphatic carbocycles. The summed E-state index contributed by atoms with van der Waals surface area (Å²) in [5.41, 5.74) is -0.530. The molecule has 9 heteroatoms. The van der Waals surface area contributed by atoms with Gasteiger partial charge in [-0.3, -0.25) is 4.57 Å². The highest BCUT2D eigenvalue weighted by atomic mass is 32.2. The number of aromatic nitrogens is 3. The van der Waals surface area contributed by atoms with Gasteiger partial charge in [-0.15, -0.1) is 10.2 Å². The third-order valence-corrected chi connectivity index (χ3v) is 3.51. The average molecular weight is 316 g/mol. The fourth-order valence-corrected chi connectivity index (χ4v) is 2.65. The molecule has 0 aliphatic heterocycles. The average Bonchev–Trinajstić information content (AvgIpc) is 2.76. The van der Waals surface area contributed by atoms with Crippen LogP contribution in [0.3, 0.4) is 0 Å². The number of hydrogen-bond acceptors (Lipinski definition) is 4. The Hall–Kier alpha value is -1.87. The Bertz CT molecular complexity index is 794. The minimum atomic E-state index is -4.10. The van der Waals surface area contributed by atoms with Crippen LogP contribution in [-0.4, -0.2) is 23.2 Å². The van der Waals surface area contributed by atoms with Crippen molar-refractivity contribution in [2.24, 2.45) is 5.14 Å². The van der Waals surface area contributed by atoms with Crippen LogP contribution in [0.25, 0.3) is 11.4 Å². The van der Waals surface area contributed by atoms with Crippen LogP contribution in [0.2, 0.25) is 0 Å². The maximum atomic E-state index is 13.4. The maximum absolute atomic E-state index is 13.4. The Labute approximate surface area is 120 Å². The molecule has 2 aromatic rings. The van der Waals surface area contributed by atoms with Gasteiger partial charge in [0.1, 0.15) is 0 Å². The lowest BCUT2D eigenvalue weighted by atomic mass is 10.1. The number of primary sulfonamides is 1. The number of rotatable bonds is 2. The van der Waals surface area contributed by atoms with E-state index in [1.807, 2.05) is 0 Å². The van der Waals surface area contributed by atoms with Crippen molar-refractivity contribution in [3.8, 4) is 11.4 Å². The standard InChI is InChI=1S/C12H14F2N4O2S/c1-12(2,3)18-10(16-17-11(18)21(15,19)20)7-4-5-8(13)9(14)6-7/h4-6H,1-3H3,(H2,15,19,20). The van der Waals surface area contributed by atoms with Crippen LogP contribution in [0, 0.1) is 11.6 Å². The van der Waals surface area contributed by atoms with Gasteiger partial charge in [-0.25, -0.2) is 22.3 Å². The molecule has 0 radical (unpaired) electrons. The molecule has 114 valence electrons. The van der Waals surface area contributed by atoms with Crippen molar-refractivity contribution < 1.29 is 17.2 Å². The minimum absolute atomic E-state index is 0.0884. The van der Waals surface area contributed by atoms with Crippen LogP contribution >= 0.6 is 0 Å². The van der Waals surface area contributed by atoms with Gasteiger partial charge in [-0.1, -0.05) is 0 Å². The van der Waals surface area contributed by atoms with Crippen LogP contribution in [0.15, 0.2) is 23.4 Å². The zero-order valence-corrected chi connectivity index (χ0v) is 12.4. The minimum Gasteiger partial charge on any atom is -0.291 e. The Morgan fingerprint density at radius 3 is 2.24 bits per heavy atom. The number of sulfonamides is 1. The Kier molecular flexibility index (Phi) is 3.58. The van der Waals surface area contributed by atoms with E-state index < -0.39 is 32.4 Å². The zero-order valence-electron chi connectivity index (χ0n) is 11.6. The van der Waals surface area contributed by atoms with E-state index in [2.05, 4.69) is 10.2 Å². The molecule has 0 bridgehead atoms. The van der Waals surface area contributed by atoms with E-state index in [0.717, 1.165) is 12.1 Å². The van der Waals surface area contributed by atoms with Gasteiger partial charge in [0.2, 0.25) is 0 Å². The van der Waals surface area contributed by atoms with E-state index in [4.69, 9.17) is 5.14 Å². The highest BCUT2D eigenvalue weighted by molar-refractivity contribution is 7.89. The van der Waals surface area contributed by atoms with Gasteiger partial charge >= 0.3 is 0 Å². The first-order valence-corrected chi connectivity index (χ1v) is 7.50. The van der Waals surface area contributed by atoms with Gasteiger partial charge in [-0.2, -0.15) is 0 Å². The second-order valence-electron chi connectivity index (χ2n) is 5.49. The molecule has 21 heavy (non-hydrogen) atoms. The first-order valence-electron chi connectivity index (χ1n) is 5.96. The molecule has 1 heterocycles. The number of nitrogens with two attached hydrogens (primary N) is 1. The molecule has 0 unspecified atom stereocenters. The first-order chi connectivity index (χ1) is 9.51. The lowest BCUT2D eigenvalue weighted by molar-refractivity contribution is 0.366. The van der Waals surface area contributed by atoms with Crippen LogP contribution in [0.1, 0.15) is 20.8 Å². The summed E-state index contributed by atoms with van der Waals surface area (Å²) in [6.45, 7) is 5.15. The van der Waals surface area contributed by atoms with Crippen molar-refractivity contribution in [1.29, 1.82) is 0 Å². The van der Waals surface area contributed by atoms with Crippen molar-refractivity contribution in [3.63, 3.8) is 0 Å². The van der Waals surface area contributed by atoms with E-state index in [1.54, 1.807) is 20.8 Å². The summed E-state index contributed by atoms with van der Waals surface area (Å²) in [5.74, 6) is -1.98. The van der Waals surface area contributed by atoms with Crippen LogP contribution in [0.5, 0.6) is 0 Å². The topological polar surface area (TPSA) is 90.9 Å². The summed E-state index contributed by atoms with van der Waals surface area (Å²) in [7, 11) is -4.10. The van der Waals surface area contributed by atoms with Gasteiger partial charge in [-0.05, 0) is 39.0 Å². The number of nitrogens with zero attached hydrogens (tertiary/aromatic N) is 3. The fraction of sp³-hybridized carbons (Fsp3) is 0.333. The number of halogens is 2. The molecule has 2 rings (SSSR count). The maximum Gasteiger partial charge on any atom is 0.273 e. The summed E-state index contributed by atoms with van der Waals surface area (Å²) in [4.78, 5) is 0. The van der Waals surface area contributed by atoms with Gasteiger partial charge in [0.25, 0.3) is 15.2 Å². The van der Waals surface area contributed by atoms with Crippen molar-refractivity contribution in [2.45, 2.75) is 31.5 Å². The molecule has 1 aromatic carbocycles. The lowest BCUT2D eigenvalue weighted by Crippen LogP contribution is -2.29. The van der Waals surface area contributed by atoms with E-state index in [9.17, 15) is 17.2 Å². The molecule has 0 spiro atoms. The highest BCUT2D eigenvalue weighted by Crippen LogP contribution is 2.28. The summed E-state index contributed by atoms with van der Waals surface area (Å²) in [5, 5.41) is 12.0. The molecule has 2 N–H and O–H groups in total. The normalized spacial score (nSPS) is 12.7. The quantitative estimate of drug-likeness (QED) is 0.911. The smallest absolute Gasteiger partial charge is 0.273 e. The molecule has 0 fully saturated rings. The first kappa shape index (κ1) is 15.5. The van der Waals surface area contributed by atoms with Gasteiger partial charge in [0.15, 0.2) is 17.5 Å². The van der Waals surface area contributed by atoms with Crippen molar-refractivity contribution >= 4 is 10.0 Å². The molecule has 0 saturated heterocycles. The molecule has 1 aromatic heterocycles. The Morgan fingerprint density at radius 2 is 1.76 bits per heavy atom. The summed E-state index contributed by atoms with van der Waals surface area (Å²) in [6.07, 6.45) is 0. The molecule has 0 aliphatic rings. The second kappa shape index (κ2) is 4.85. The van der Waals surface area contributed by atoms with Crippen LogP contribution in [0.4, 0.5) is 8.78 Å². The molecule has 0 amide bonds. The summed E-state index contributed by atoms with van der Waals surface area (Å²) in [6, 6.07) is 3.15. The van der Waals surface area contributed by atoms with Gasteiger partial charge in [0.05, 0.1) is 0 Å². The predicted octanol–water partition coefficient (Wildman–Crippen LogP) is 1.63. The molecular weight excluding hydrogens is 302 g/mol. The third-order valence-electron chi connectivity index (χ3n) is 2.74. The number of benzene rings is 1. The van der Waals surface area contributed by atoms with E-state index >= 15 is 0 Å². The third kappa shape index (κ3) is 2.93. The predicted molar refractivity (Wildman–Crippen MR) is 71.7 cm³/mol. The molecular formula is C12H14F2N4O2S. The zero-order chi connectivity index (χ0) is 16.0. The molecule has 6 nitrogen and oxygen atoms in total. The van der Waals surface area contributed by atoms with E-state index in [0.29, 0.717) is 0 Å². The molecule has 0 atom stereocenters. The van der Waals surface area contributed by atoms with Crippen LogP contribution < -0.4 is 5.14 Å². The molecule has 0 saturated carbocycles. The summed E-state index contributed by atoms with van der Waals surface area (Å²) >= 11 is 0. The van der Waals surface area contributed by atoms with Crippen LogP contribution in [-0.2, 0) is 15.6 Å². The Balaban J connectivity index is 2.76. The van der Waals surface area contributed by atoms with Gasteiger partial charge in [0, 0.05) is 11.1 Å². The van der Waals surface area contributed by atoms with Gasteiger partial charge < -0.3 is 0 Å². The largest absolute Gasteiger partial charge is 0.291 e. The van der Waals surface area contributed by atoms with E-state index in [-0.39, 0.29) is 11.4 Å².